The maximum Gasteiger partial charge on any atom is 0.206 e. The number of carbonyl (C=O) groups excluding carboxylic acids is 1. The first kappa shape index (κ1) is 14.1. The van der Waals surface area contributed by atoms with E-state index in [4.69, 9.17) is 9.47 Å². The van der Waals surface area contributed by atoms with Gasteiger partial charge in [-0.1, -0.05) is 0 Å². The minimum atomic E-state index is -0.0457. The summed E-state index contributed by atoms with van der Waals surface area (Å²) in [7, 11) is 1.56. The molecule has 0 atom stereocenters. The molecule has 0 fully saturated rings. The molecule has 0 saturated heterocycles. The molecule has 100 valence electrons. The molecule has 1 heterocycles. The van der Waals surface area contributed by atoms with Gasteiger partial charge in [-0.05, 0) is 52.5 Å². The van der Waals surface area contributed by atoms with E-state index in [1.807, 2.05) is 12.3 Å². The van der Waals surface area contributed by atoms with Crippen molar-refractivity contribution in [3.63, 3.8) is 0 Å². The van der Waals surface area contributed by atoms with Crippen molar-refractivity contribution in [2.45, 2.75) is 6.92 Å². The Morgan fingerprint density at radius 1 is 1.32 bits per heavy atom. The van der Waals surface area contributed by atoms with E-state index in [1.165, 1.54) is 11.3 Å². The first-order chi connectivity index (χ1) is 9.17. The topological polar surface area (TPSA) is 35.5 Å². The zero-order valence-electron chi connectivity index (χ0n) is 10.6. The van der Waals surface area contributed by atoms with Crippen LogP contribution in [0.2, 0.25) is 0 Å². The van der Waals surface area contributed by atoms with E-state index in [1.54, 1.807) is 31.4 Å². The number of methoxy groups -OCH3 is 1. The summed E-state index contributed by atoms with van der Waals surface area (Å²) in [5, 5.41) is 1.84. The number of hydrogen-bond acceptors (Lipinski definition) is 4. The van der Waals surface area contributed by atoms with Crippen LogP contribution in [-0.4, -0.2) is 19.5 Å². The first-order valence-electron chi connectivity index (χ1n) is 5.76. The average molecular weight is 341 g/mol. The summed E-state index contributed by atoms with van der Waals surface area (Å²) < 4.78 is 11.4. The molecule has 19 heavy (non-hydrogen) atoms. The van der Waals surface area contributed by atoms with E-state index in [2.05, 4.69) is 15.9 Å². The van der Waals surface area contributed by atoms with Gasteiger partial charge in [0.15, 0.2) is 0 Å². The van der Waals surface area contributed by atoms with Crippen molar-refractivity contribution in [1.29, 1.82) is 0 Å². The van der Waals surface area contributed by atoms with Crippen molar-refractivity contribution < 1.29 is 14.3 Å². The number of rotatable bonds is 5. The molecule has 1 aromatic heterocycles. The highest BCUT2D eigenvalue weighted by atomic mass is 79.9. The molecular formula is C14H13BrO3S. The van der Waals surface area contributed by atoms with Crippen molar-refractivity contribution in [1.82, 2.24) is 0 Å². The quantitative estimate of drug-likeness (QED) is 0.767. The summed E-state index contributed by atoms with van der Waals surface area (Å²) in [6.45, 7) is 2.51. The number of ether oxygens (including phenoxy) is 2. The van der Waals surface area contributed by atoms with E-state index in [0.29, 0.717) is 22.8 Å². The molecule has 0 amide bonds. The van der Waals surface area contributed by atoms with Gasteiger partial charge in [-0.2, -0.15) is 0 Å². The average Bonchev–Trinajstić information content (AvgIpc) is 2.88. The summed E-state index contributed by atoms with van der Waals surface area (Å²) >= 11 is 4.79. The molecule has 1 aromatic carbocycles. The van der Waals surface area contributed by atoms with Crippen LogP contribution in [-0.2, 0) is 0 Å². The molecule has 0 aliphatic rings. The second-order valence-electron chi connectivity index (χ2n) is 3.73. The van der Waals surface area contributed by atoms with Gasteiger partial charge in [-0.3, -0.25) is 4.79 Å². The van der Waals surface area contributed by atoms with Crippen LogP contribution in [0.5, 0.6) is 11.5 Å². The molecule has 2 aromatic rings. The molecule has 0 saturated carbocycles. The lowest BCUT2D eigenvalue weighted by Crippen LogP contribution is -2.01. The van der Waals surface area contributed by atoms with Crippen LogP contribution < -0.4 is 9.47 Å². The molecule has 0 aliphatic carbocycles. The van der Waals surface area contributed by atoms with Crippen LogP contribution in [0.3, 0.4) is 0 Å². The molecule has 5 heteroatoms. The maximum absolute atomic E-state index is 12.4. The van der Waals surface area contributed by atoms with Crippen LogP contribution in [0.15, 0.2) is 34.1 Å². The Balaban J connectivity index is 2.32. The zero-order valence-corrected chi connectivity index (χ0v) is 13.0. The number of benzene rings is 1. The highest BCUT2D eigenvalue weighted by Crippen LogP contribution is 2.31. The Kier molecular flexibility index (Phi) is 4.61. The van der Waals surface area contributed by atoms with E-state index in [0.717, 1.165) is 10.2 Å². The Morgan fingerprint density at radius 3 is 2.74 bits per heavy atom. The highest BCUT2D eigenvalue weighted by Gasteiger charge is 2.17. The summed E-state index contributed by atoms with van der Waals surface area (Å²) in [5.41, 5.74) is 0.607. The van der Waals surface area contributed by atoms with Gasteiger partial charge in [-0.15, -0.1) is 11.3 Å². The zero-order chi connectivity index (χ0) is 13.8. The maximum atomic E-state index is 12.4. The monoisotopic (exact) mass is 340 g/mol. The van der Waals surface area contributed by atoms with Gasteiger partial charge in [0.25, 0.3) is 0 Å². The molecular weight excluding hydrogens is 328 g/mol. The predicted octanol–water partition coefficient (Wildman–Crippen LogP) is 4.15. The minimum absolute atomic E-state index is 0.0457. The van der Waals surface area contributed by atoms with Gasteiger partial charge < -0.3 is 9.47 Å². The van der Waals surface area contributed by atoms with E-state index >= 15 is 0 Å². The lowest BCUT2D eigenvalue weighted by Gasteiger charge is -2.07. The van der Waals surface area contributed by atoms with Crippen LogP contribution in [0.4, 0.5) is 0 Å². The summed E-state index contributed by atoms with van der Waals surface area (Å²) in [6, 6.07) is 7.12. The predicted molar refractivity (Wildman–Crippen MR) is 79.6 cm³/mol. The van der Waals surface area contributed by atoms with Crippen molar-refractivity contribution in [3.05, 3.63) is 44.6 Å². The standard InChI is InChI=1S/C14H13BrO3S/c1-3-18-11-5-4-9(8-10(11)15)13(16)14-12(17-2)6-7-19-14/h4-8H,3H2,1-2H3. The third-order valence-corrected chi connectivity index (χ3v) is 4.06. The van der Waals surface area contributed by atoms with Crippen molar-refractivity contribution in [2.24, 2.45) is 0 Å². The molecule has 0 spiro atoms. The fourth-order valence-corrected chi connectivity index (χ4v) is 2.98. The number of carbonyl (C=O) groups is 1. The second kappa shape index (κ2) is 6.21. The second-order valence-corrected chi connectivity index (χ2v) is 5.50. The van der Waals surface area contributed by atoms with E-state index < -0.39 is 0 Å². The summed E-state index contributed by atoms with van der Waals surface area (Å²) in [6.07, 6.45) is 0. The third kappa shape index (κ3) is 2.98. The number of hydrogen-bond donors (Lipinski definition) is 0. The van der Waals surface area contributed by atoms with Crippen LogP contribution in [0.25, 0.3) is 0 Å². The SMILES string of the molecule is CCOc1ccc(C(=O)c2sccc2OC)cc1Br. The molecule has 0 radical (unpaired) electrons. The molecule has 0 N–H and O–H groups in total. The third-order valence-electron chi connectivity index (χ3n) is 2.55. The lowest BCUT2D eigenvalue weighted by atomic mass is 10.1. The molecule has 0 aliphatic heterocycles. The Hall–Kier alpha value is -1.33. The molecule has 0 bridgehead atoms. The minimum Gasteiger partial charge on any atom is -0.495 e. The van der Waals surface area contributed by atoms with Crippen LogP contribution >= 0.6 is 27.3 Å². The van der Waals surface area contributed by atoms with Gasteiger partial charge >= 0.3 is 0 Å². The van der Waals surface area contributed by atoms with Gasteiger partial charge in [-0.25, -0.2) is 0 Å². The molecule has 0 unspecified atom stereocenters. The number of ketones is 1. The van der Waals surface area contributed by atoms with E-state index in [-0.39, 0.29) is 5.78 Å². The van der Waals surface area contributed by atoms with Gasteiger partial charge in [0, 0.05) is 5.56 Å². The Bertz CT molecular complexity index is 592. The molecule has 2 rings (SSSR count). The molecule has 3 nitrogen and oxygen atoms in total. The Morgan fingerprint density at radius 2 is 2.11 bits per heavy atom. The largest absolute Gasteiger partial charge is 0.495 e. The van der Waals surface area contributed by atoms with E-state index in [9.17, 15) is 4.79 Å². The van der Waals surface area contributed by atoms with Crippen molar-refractivity contribution in [2.75, 3.05) is 13.7 Å². The van der Waals surface area contributed by atoms with Crippen molar-refractivity contribution in [3.8, 4) is 11.5 Å². The van der Waals surface area contributed by atoms with Crippen LogP contribution in [0.1, 0.15) is 22.2 Å². The highest BCUT2D eigenvalue weighted by molar-refractivity contribution is 9.10. The number of halogens is 1. The first-order valence-corrected chi connectivity index (χ1v) is 7.43. The fourth-order valence-electron chi connectivity index (χ4n) is 1.67. The smallest absolute Gasteiger partial charge is 0.206 e. The Labute approximate surface area is 124 Å². The fraction of sp³-hybridized carbons (Fsp3) is 0.214. The van der Waals surface area contributed by atoms with Crippen LogP contribution in [0, 0.1) is 0 Å². The van der Waals surface area contributed by atoms with Crippen molar-refractivity contribution >= 4 is 33.0 Å². The number of thiophene rings is 1. The lowest BCUT2D eigenvalue weighted by molar-refractivity contribution is 0.104. The van der Waals surface area contributed by atoms with Gasteiger partial charge in [0.2, 0.25) is 5.78 Å². The van der Waals surface area contributed by atoms with Gasteiger partial charge in [0.05, 0.1) is 18.2 Å². The summed E-state index contributed by atoms with van der Waals surface area (Å²) in [4.78, 5) is 13.0. The van der Waals surface area contributed by atoms with Gasteiger partial charge in [0.1, 0.15) is 16.4 Å². The normalized spacial score (nSPS) is 10.3. The summed E-state index contributed by atoms with van der Waals surface area (Å²) in [5.74, 6) is 1.30.